The predicted octanol–water partition coefficient (Wildman–Crippen LogP) is 4.29. The summed E-state index contributed by atoms with van der Waals surface area (Å²) in [5.74, 6) is -3.83. The molecule has 0 saturated carbocycles. The molecule has 12 heteroatoms. The molecular formula is C14H13F7N2OS2. The van der Waals surface area contributed by atoms with Crippen LogP contribution < -0.4 is 5.32 Å². The Balaban J connectivity index is 2.26. The van der Waals surface area contributed by atoms with Crippen molar-refractivity contribution in [2.24, 2.45) is 4.99 Å². The van der Waals surface area contributed by atoms with E-state index in [2.05, 4.69) is 4.99 Å². The van der Waals surface area contributed by atoms with Crippen LogP contribution in [0.3, 0.4) is 0 Å². The number of nitrogens with zero attached hydrogens (tertiary/aromatic N) is 1. The lowest BCUT2D eigenvalue weighted by Gasteiger charge is -2.23. The van der Waals surface area contributed by atoms with E-state index in [1.807, 2.05) is 5.32 Å². The third-order valence-corrected chi connectivity index (χ3v) is 5.98. The zero-order chi connectivity index (χ0) is 19.7. The van der Waals surface area contributed by atoms with Gasteiger partial charge < -0.3 is 5.32 Å². The minimum absolute atomic E-state index is 0.00232. The van der Waals surface area contributed by atoms with E-state index in [1.165, 1.54) is 6.92 Å². The van der Waals surface area contributed by atoms with Crippen LogP contribution in [0.1, 0.15) is 5.56 Å². The van der Waals surface area contributed by atoms with Crippen molar-refractivity contribution < 1.29 is 34.9 Å². The topological polar surface area (TPSA) is 41.5 Å². The average Bonchev–Trinajstić information content (AvgIpc) is 2.43. The van der Waals surface area contributed by atoms with E-state index in [-0.39, 0.29) is 22.0 Å². The third kappa shape index (κ3) is 5.86. The number of aliphatic imine (C=N–C) groups is 1. The van der Waals surface area contributed by atoms with Gasteiger partial charge in [0, 0.05) is 27.2 Å². The Morgan fingerprint density at radius 3 is 2.38 bits per heavy atom. The average molecular weight is 422 g/mol. The first-order chi connectivity index (χ1) is 11.8. The van der Waals surface area contributed by atoms with Crippen LogP contribution in [-0.2, 0) is 10.8 Å². The van der Waals surface area contributed by atoms with E-state index in [0.29, 0.717) is 11.8 Å². The number of alkyl halides is 6. The summed E-state index contributed by atoms with van der Waals surface area (Å²) in [4.78, 5) is 3.41. The van der Waals surface area contributed by atoms with Crippen LogP contribution in [-0.4, -0.2) is 45.7 Å². The van der Waals surface area contributed by atoms with Gasteiger partial charge in [-0.1, -0.05) is 0 Å². The summed E-state index contributed by atoms with van der Waals surface area (Å²) in [5.41, 5.74) is -0.459. The van der Waals surface area contributed by atoms with Crippen LogP contribution in [0, 0.1) is 12.7 Å². The van der Waals surface area contributed by atoms with Gasteiger partial charge in [0.15, 0.2) is 0 Å². The molecule has 2 rings (SSSR count). The highest BCUT2D eigenvalue weighted by molar-refractivity contribution is 7.99. The Bertz CT molecular complexity index is 723. The first-order valence-electron chi connectivity index (χ1n) is 7.12. The number of amidine groups is 1. The standard InChI is InChI=1S/C14H13F7N2OS2/c1-7-2-9(15)10(3-11(7)25-6-13(16,17)18)23-12(14(19,20)21)22-8-4-26(24)5-8/h2-3,8H,4-6H2,1H3,(H,22,23). The molecule has 26 heavy (non-hydrogen) atoms. The van der Waals surface area contributed by atoms with E-state index >= 15 is 0 Å². The molecule has 3 nitrogen and oxygen atoms in total. The summed E-state index contributed by atoms with van der Waals surface area (Å²) in [5, 5.41) is 1.82. The zero-order valence-corrected chi connectivity index (χ0v) is 14.8. The summed E-state index contributed by atoms with van der Waals surface area (Å²) in [6, 6.07) is 0.946. The molecule has 1 aliphatic heterocycles. The van der Waals surface area contributed by atoms with E-state index in [1.54, 1.807) is 0 Å². The number of aryl methyl sites for hydroxylation is 1. The number of rotatable bonds is 4. The molecule has 0 aliphatic carbocycles. The number of thioether (sulfide) groups is 1. The molecule has 1 heterocycles. The molecule has 1 N–H and O–H groups in total. The second-order valence-electron chi connectivity index (χ2n) is 5.53. The molecule has 0 spiro atoms. The fraction of sp³-hybridized carbons (Fsp3) is 0.500. The van der Waals surface area contributed by atoms with Gasteiger partial charge in [0.2, 0.25) is 5.84 Å². The van der Waals surface area contributed by atoms with Gasteiger partial charge in [-0.3, -0.25) is 9.20 Å². The number of hydrogen-bond acceptors (Lipinski definition) is 3. The second-order valence-corrected chi connectivity index (χ2v) is 8.09. The van der Waals surface area contributed by atoms with E-state index < -0.39 is 52.3 Å². The first kappa shape index (κ1) is 21.0. The van der Waals surface area contributed by atoms with Crippen LogP contribution in [0.4, 0.5) is 36.4 Å². The monoisotopic (exact) mass is 422 g/mol. The molecule has 0 bridgehead atoms. The van der Waals surface area contributed by atoms with Gasteiger partial charge in [-0.25, -0.2) is 4.39 Å². The van der Waals surface area contributed by atoms with Gasteiger partial charge in [0.05, 0.1) is 17.5 Å². The maximum atomic E-state index is 14.0. The minimum Gasteiger partial charge on any atom is -0.334 e. The lowest BCUT2D eigenvalue weighted by molar-refractivity contribution is -0.105. The second kappa shape index (κ2) is 7.75. The highest BCUT2D eigenvalue weighted by atomic mass is 32.2. The molecule has 146 valence electrons. The van der Waals surface area contributed by atoms with Crippen LogP contribution in [0.2, 0.25) is 0 Å². The molecule has 0 amide bonds. The highest BCUT2D eigenvalue weighted by Gasteiger charge is 2.39. The van der Waals surface area contributed by atoms with Gasteiger partial charge in [-0.15, -0.1) is 11.8 Å². The predicted molar refractivity (Wildman–Crippen MR) is 86.7 cm³/mol. The van der Waals surface area contributed by atoms with Crippen molar-refractivity contribution in [3.05, 3.63) is 23.5 Å². The molecule has 1 fully saturated rings. The Labute approximate surface area is 150 Å². The van der Waals surface area contributed by atoms with E-state index in [0.717, 1.165) is 12.1 Å². The fourth-order valence-corrected chi connectivity index (χ4v) is 3.72. The van der Waals surface area contributed by atoms with Gasteiger partial charge in [-0.05, 0) is 24.6 Å². The van der Waals surface area contributed by atoms with Crippen LogP contribution in [0.25, 0.3) is 0 Å². The molecule has 1 aromatic rings. The quantitative estimate of drug-likeness (QED) is 0.341. The number of anilines is 1. The Kier molecular flexibility index (Phi) is 6.26. The minimum atomic E-state index is -4.92. The first-order valence-corrected chi connectivity index (χ1v) is 9.59. The highest BCUT2D eigenvalue weighted by Crippen LogP contribution is 2.33. The molecular weight excluding hydrogens is 409 g/mol. The number of halogens is 7. The largest absolute Gasteiger partial charge is 0.449 e. The fourth-order valence-electron chi connectivity index (χ4n) is 2.01. The van der Waals surface area contributed by atoms with Gasteiger partial charge in [0.25, 0.3) is 0 Å². The van der Waals surface area contributed by atoms with Crippen molar-refractivity contribution in [3.63, 3.8) is 0 Å². The number of hydrogen-bond donors (Lipinski definition) is 1. The normalized spacial score (nSPS) is 21.5. The smallest absolute Gasteiger partial charge is 0.334 e. The summed E-state index contributed by atoms with van der Waals surface area (Å²) >= 11 is 0.348. The maximum Gasteiger partial charge on any atom is 0.449 e. The van der Waals surface area contributed by atoms with Crippen molar-refractivity contribution in [2.45, 2.75) is 30.2 Å². The number of benzene rings is 1. The van der Waals surface area contributed by atoms with Crippen molar-refractivity contribution in [2.75, 3.05) is 22.6 Å². The van der Waals surface area contributed by atoms with Crippen molar-refractivity contribution in [3.8, 4) is 0 Å². The Morgan fingerprint density at radius 1 is 1.27 bits per heavy atom. The molecule has 1 aliphatic rings. The van der Waals surface area contributed by atoms with Gasteiger partial charge in [-0.2, -0.15) is 26.3 Å². The van der Waals surface area contributed by atoms with Gasteiger partial charge in [0.1, 0.15) is 5.82 Å². The van der Waals surface area contributed by atoms with Crippen LogP contribution in [0.15, 0.2) is 22.0 Å². The van der Waals surface area contributed by atoms with Crippen LogP contribution in [0.5, 0.6) is 0 Å². The zero-order valence-electron chi connectivity index (χ0n) is 13.2. The number of nitrogens with one attached hydrogen (secondary N) is 1. The van der Waals surface area contributed by atoms with Gasteiger partial charge >= 0.3 is 12.4 Å². The molecule has 0 radical (unpaired) electrons. The van der Waals surface area contributed by atoms with Crippen LogP contribution >= 0.6 is 11.8 Å². The molecule has 1 saturated heterocycles. The van der Waals surface area contributed by atoms with Crippen molar-refractivity contribution >= 4 is 34.1 Å². The van der Waals surface area contributed by atoms with E-state index in [4.69, 9.17) is 0 Å². The molecule has 1 aromatic carbocycles. The van der Waals surface area contributed by atoms with Crippen molar-refractivity contribution in [1.82, 2.24) is 0 Å². The maximum absolute atomic E-state index is 14.0. The Hall–Kier alpha value is -1.30. The molecule has 0 aromatic heterocycles. The SMILES string of the molecule is Cc1cc(F)c(NC(=NC2CS(=O)C2)C(F)(F)F)cc1SCC(F)(F)F. The summed E-state index contributed by atoms with van der Waals surface area (Å²) < 4.78 is 101. The lowest BCUT2D eigenvalue weighted by atomic mass is 10.2. The molecule has 0 atom stereocenters. The summed E-state index contributed by atoms with van der Waals surface area (Å²) in [6.07, 6.45) is -9.40. The Morgan fingerprint density at radius 2 is 1.88 bits per heavy atom. The molecule has 0 unspecified atom stereocenters. The summed E-state index contributed by atoms with van der Waals surface area (Å²) in [7, 11) is -1.22. The lowest BCUT2D eigenvalue weighted by Crippen LogP contribution is -2.40. The van der Waals surface area contributed by atoms with E-state index in [9.17, 15) is 34.9 Å². The summed E-state index contributed by atoms with van der Waals surface area (Å²) in [6.45, 7) is 1.36. The van der Waals surface area contributed by atoms with Crippen molar-refractivity contribution in [1.29, 1.82) is 0 Å². The third-order valence-electron chi connectivity index (χ3n) is 3.25.